The first-order valence-electron chi connectivity index (χ1n) is 10.6. The van der Waals surface area contributed by atoms with Crippen LogP contribution < -0.4 is 10.1 Å². The van der Waals surface area contributed by atoms with Crippen LogP contribution in [0.5, 0.6) is 5.75 Å². The first kappa shape index (κ1) is 21.7. The molecule has 2 atom stereocenters. The molecule has 2 aromatic carbocycles. The normalized spacial score (nSPS) is 17.8. The number of nitrogens with one attached hydrogen (secondary N) is 1. The summed E-state index contributed by atoms with van der Waals surface area (Å²) in [7, 11) is 1.67. The average Bonchev–Trinajstić information content (AvgIpc) is 3.45. The number of benzene rings is 2. The first-order valence-corrected chi connectivity index (χ1v) is 11.8. The highest BCUT2D eigenvalue weighted by atomic mass is 79.9. The molecule has 0 saturated carbocycles. The van der Waals surface area contributed by atoms with Crippen LogP contribution in [0.15, 0.2) is 93.9 Å². The molecule has 1 fully saturated rings. The number of pyridine rings is 1. The maximum atomic E-state index is 6.39. The minimum absolute atomic E-state index is 0.124. The highest BCUT2D eigenvalue weighted by Gasteiger charge is 2.41. The smallest absolute Gasteiger partial charge is 0.170 e. The van der Waals surface area contributed by atoms with Crippen LogP contribution >= 0.6 is 28.1 Å². The highest BCUT2D eigenvalue weighted by Crippen LogP contribution is 2.41. The van der Waals surface area contributed by atoms with Gasteiger partial charge in [-0.05, 0) is 66.3 Å². The summed E-state index contributed by atoms with van der Waals surface area (Å²) in [6.07, 6.45) is 1.80. The van der Waals surface area contributed by atoms with E-state index < -0.39 is 0 Å². The van der Waals surface area contributed by atoms with Crippen molar-refractivity contribution in [3.8, 4) is 17.1 Å². The molecule has 4 aromatic rings. The molecule has 0 aliphatic carbocycles. The number of hydrogen-bond acceptors (Lipinski definition) is 4. The molecule has 166 valence electrons. The summed E-state index contributed by atoms with van der Waals surface area (Å²) in [6, 6.07) is 25.8. The van der Waals surface area contributed by atoms with Gasteiger partial charge in [0.2, 0.25) is 0 Å². The molecule has 5 rings (SSSR count). The summed E-state index contributed by atoms with van der Waals surface area (Å²) in [6.45, 7) is 0.637. The van der Waals surface area contributed by atoms with Crippen molar-refractivity contribution in [1.29, 1.82) is 0 Å². The Labute approximate surface area is 206 Å². The van der Waals surface area contributed by atoms with Crippen molar-refractivity contribution >= 4 is 33.3 Å². The fourth-order valence-electron chi connectivity index (χ4n) is 4.09. The molecule has 33 heavy (non-hydrogen) atoms. The van der Waals surface area contributed by atoms with Crippen LogP contribution in [0.25, 0.3) is 11.3 Å². The van der Waals surface area contributed by atoms with Gasteiger partial charge in [0.15, 0.2) is 5.11 Å². The van der Waals surface area contributed by atoms with E-state index in [1.807, 2.05) is 66.7 Å². The Bertz CT molecular complexity index is 1240. The van der Waals surface area contributed by atoms with Crippen molar-refractivity contribution in [3.63, 3.8) is 0 Å². The Kier molecular flexibility index (Phi) is 6.15. The van der Waals surface area contributed by atoms with Crippen LogP contribution in [0.2, 0.25) is 0 Å². The molecule has 7 heteroatoms. The average molecular weight is 520 g/mol. The lowest BCUT2D eigenvalue weighted by Crippen LogP contribution is -2.29. The van der Waals surface area contributed by atoms with Crippen LogP contribution in [0.4, 0.5) is 0 Å². The third kappa shape index (κ3) is 4.51. The summed E-state index contributed by atoms with van der Waals surface area (Å²) < 4.78 is 12.7. The summed E-state index contributed by atoms with van der Waals surface area (Å²) in [5.41, 5.74) is 3.07. The number of rotatable bonds is 6. The first-order chi connectivity index (χ1) is 16.1. The van der Waals surface area contributed by atoms with Crippen LogP contribution in [0.1, 0.15) is 29.1 Å². The number of aromatic nitrogens is 1. The van der Waals surface area contributed by atoms with Gasteiger partial charge in [-0.3, -0.25) is 4.98 Å². The fourth-order valence-corrected chi connectivity index (χ4v) is 4.66. The Morgan fingerprint density at radius 2 is 1.82 bits per heavy atom. The van der Waals surface area contributed by atoms with Gasteiger partial charge in [0.05, 0.1) is 18.8 Å². The van der Waals surface area contributed by atoms with Gasteiger partial charge in [-0.15, -0.1) is 0 Å². The molecule has 0 unspecified atom stereocenters. The van der Waals surface area contributed by atoms with E-state index in [-0.39, 0.29) is 12.1 Å². The predicted molar refractivity (Wildman–Crippen MR) is 136 cm³/mol. The van der Waals surface area contributed by atoms with Crippen molar-refractivity contribution in [2.24, 2.45) is 0 Å². The molecule has 1 N–H and O–H groups in total. The summed E-state index contributed by atoms with van der Waals surface area (Å²) >= 11 is 9.26. The van der Waals surface area contributed by atoms with Gasteiger partial charge in [0.25, 0.3) is 0 Å². The lowest BCUT2D eigenvalue weighted by molar-refractivity contribution is 0.269. The summed E-state index contributed by atoms with van der Waals surface area (Å²) in [5.74, 6) is 2.48. The number of hydrogen-bond donors (Lipinski definition) is 1. The van der Waals surface area contributed by atoms with Gasteiger partial charge in [0.1, 0.15) is 23.3 Å². The van der Waals surface area contributed by atoms with E-state index in [0.29, 0.717) is 11.7 Å². The zero-order valence-corrected chi connectivity index (χ0v) is 20.3. The number of thiocarbonyl (C=S) groups is 1. The lowest BCUT2D eigenvalue weighted by Gasteiger charge is -2.26. The largest absolute Gasteiger partial charge is 0.497 e. The van der Waals surface area contributed by atoms with Gasteiger partial charge in [-0.2, -0.15) is 0 Å². The molecule has 1 aliphatic heterocycles. The van der Waals surface area contributed by atoms with E-state index in [2.05, 4.69) is 43.3 Å². The maximum absolute atomic E-state index is 6.39. The number of furan rings is 1. The molecule has 1 aliphatic rings. The zero-order valence-electron chi connectivity index (χ0n) is 17.9. The Morgan fingerprint density at radius 1 is 1.03 bits per heavy atom. The monoisotopic (exact) mass is 519 g/mol. The number of halogens is 1. The maximum Gasteiger partial charge on any atom is 0.170 e. The minimum Gasteiger partial charge on any atom is -0.497 e. The summed E-state index contributed by atoms with van der Waals surface area (Å²) in [5, 5.41) is 4.15. The van der Waals surface area contributed by atoms with E-state index >= 15 is 0 Å². The third-order valence-corrected chi connectivity index (χ3v) is 6.64. The van der Waals surface area contributed by atoms with E-state index in [0.717, 1.165) is 38.6 Å². The molecule has 0 radical (unpaired) electrons. The van der Waals surface area contributed by atoms with E-state index in [9.17, 15) is 0 Å². The number of methoxy groups -OCH3 is 1. The zero-order chi connectivity index (χ0) is 22.8. The van der Waals surface area contributed by atoms with Gasteiger partial charge < -0.3 is 19.4 Å². The van der Waals surface area contributed by atoms with Gasteiger partial charge in [-0.25, -0.2) is 0 Å². The second-order valence-corrected chi connectivity index (χ2v) is 9.11. The standard InChI is InChI=1S/C26H22BrN3O2S/c1-31-20-11-5-17(6-12-20)16-30-25(24(29-26(30)33)21-4-2-3-15-28-21)23-14-13-22(32-23)18-7-9-19(27)10-8-18/h2-15,24-25H,16H2,1H3,(H,29,33)/t24-,25+/m0/s1. The van der Waals surface area contributed by atoms with Crippen LogP contribution in [0.3, 0.4) is 0 Å². The minimum atomic E-state index is -0.140. The van der Waals surface area contributed by atoms with E-state index in [1.165, 1.54) is 0 Å². The molecule has 3 heterocycles. The third-order valence-electron chi connectivity index (χ3n) is 5.76. The second kappa shape index (κ2) is 9.37. The van der Waals surface area contributed by atoms with Crippen LogP contribution in [-0.4, -0.2) is 22.1 Å². The Morgan fingerprint density at radius 3 is 2.52 bits per heavy atom. The van der Waals surface area contributed by atoms with Crippen LogP contribution in [0, 0.1) is 0 Å². The van der Waals surface area contributed by atoms with Crippen molar-refractivity contribution < 1.29 is 9.15 Å². The number of ether oxygens (including phenoxy) is 1. The molecular weight excluding hydrogens is 498 g/mol. The van der Waals surface area contributed by atoms with Crippen molar-refractivity contribution in [1.82, 2.24) is 15.2 Å². The summed E-state index contributed by atoms with van der Waals surface area (Å²) in [4.78, 5) is 6.76. The SMILES string of the molecule is COc1ccc(CN2C(=S)N[C@@H](c3ccccn3)[C@H]2c2ccc(-c3ccc(Br)cc3)o2)cc1. The lowest BCUT2D eigenvalue weighted by atomic mass is 10.0. The Balaban J connectivity index is 1.51. The fraction of sp³-hybridized carbons (Fsp3) is 0.154. The molecule has 2 aromatic heterocycles. The van der Waals surface area contributed by atoms with Crippen molar-refractivity contribution in [2.45, 2.75) is 18.6 Å². The molecule has 5 nitrogen and oxygen atoms in total. The van der Waals surface area contributed by atoms with Gasteiger partial charge in [-0.1, -0.05) is 46.3 Å². The van der Waals surface area contributed by atoms with E-state index in [4.69, 9.17) is 21.4 Å². The molecule has 0 spiro atoms. The predicted octanol–water partition coefficient (Wildman–Crippen LogP) is 6.29. The molecule has 1 saturated heterocycles. The topological polar surface area (TPSA) is 50.5 Å². The van der Waals surface area contributed by atoms with E-state index in [1.54, 1.807) is 13.3 Å². The van der Waals surface area contributed by atoms with Crippen LogP contribution in [-0.2, 0) is 6.54 Å². The van der Waals surface area contributed by atoms with Crippen molar-refractivity contribution in [2.75, 3.05) is 7.11 Å². The van der Waals surface area contributed by atoms with Crippen molar-refractivity contribution in [3.05, 3.63) is 107 Å². The van der Waals surface area contributed by atoms with Gasteiger partial charge >= 0.3 is 0 Å². The molecule has 0 bridgehead atoms. The number of nitrogens with zero attached hydrogens (tertiary/aromatic N) is 2. The Hall–Kier alpha value is -3.16. The molecular formula is C26H22BrN3O2S. The second-order valence-electron chi connectivity index (χ2n) is 7.81. The molecule has 0 amide bonds. The quantitative estimate of drug-likeness (QED) is 0.302. The highest BCUT2D eigenvalue weighted by molar-refractivity contribution is 9.10. The van der Waals surface area contributed by atoms with Gasteiger partial charge in [0, 0.05) is 22.8 Å².